The fraction of sp³-hybridized carbons (Fsp3) is 0.455. The van der Waals surface area contributed by atoms with Gasteiger partial charge in [0.15, 0.2) is 0 Å². The maximum atomic E-state index is 6.04. The van der Waals surface area contributed by atoms with Gasteiger partial charge in [0.25, 0.3) is 0 Å². The second-order valence-electron chi connectivity index (χ2n) is 3.93. The molecule has 0 amide bonds. The SMILES string of the molecule is Nc1cc(Br)ccc1SC1CCCC1N. The first kappa shape index (κ1) is 11.3. The van der Waals surface area contributed by atoms with Gasteiger partial charge in [-0.1, -0.05) is 22.4 Å². The van der Waals surface area contributed by atoms with Crippen LogP contribution in [0.15, 0.2) is 27.6 Å². The third-order valence-electron chi connectivity index (χ3n) is 2.75. The normalized spacial score (nSPS) is 25.7. The topological polar surface area (TPSA) is 52.0 Å². The van der Waals surface area contributed by atoms with Gasteiger partial charge in [-0.3, -0.25) is 0 Å². The molecular formula is C11H15BrN2S. The van der Waals surface area contributed by atoms with Gasteiger partial charge in [0.2, 0.25) is 0 Å². The first-order valence-corrected chi connectivity index (χ1v) is 6.81. The van der Waals surface area contributed by atoms with Gasteiger partial charge in [-0.05, 0) is 31.0 Å². The molecule has 2 rings (SSSR count). The van der Waals surface area contributed by atoms with Gasteiger partial charge in [-0.15, -0.1) is 11.8 Å². The van der Waals surface area contributed by atoms with Crippen molar-refractivity contribution in [2.45, 2.75) is 35.4 Å². The molecule has 82 valence electrons. The highest BCUT2D eigenvalue weighted by molar-refractivity contribution is 9.10. The van der Waals surface area contributed by atoms with Crippen molar-refractivity contribution in [1.82, 2.24) is 0 Å². The highest BCUT2D eigenvalue weighted by atomic mass is 79.9. The summed E-state index contributed by atoms with van der Waals surface area (Å²) in [4.78, 5) is 1.15. The van der Waals surface area contributed by atoms with E-state index in [2.05, 4.69) is 22.0 Å². The first-order chi connectivity index (χ1) is 7.16. The largest absolute Gasteiger partial charge is 0.398 e. The zero-order chi connectivity index (χ0) is 10.8. The van der Waals surface area contributed by atoms with Crippen molar-refractivity contribution in [2.24, 2.45) is 5.73 Å². The number of nitrogens with two attached hydrogens (primary N) is 2. The van der Waals surface area contributed by atoms with E-state index in [0.717, 1.165) is 21.5 Å². The number of hydrogen-bond donors (Lipinski definition) is 2. The molecule has 15 heavy (non-hydrogen) atoms. The minimum Gasteiger partial charge on any atom is -0.398 e. The molecule has 1 aliphatic carbocycles. The Bertz CT molecular complexity index is 356. The van der Waals surface area contributed by atoms with Gasteiger partial charge in [0.1, 0.15) is 0 Å². The lowest BCUT2D eigenvalue weighted by Gasteiger charge is -2.15. The molecule has 4 heteroatoms. The molecule has 4 N–H and O–H groups in total. The lowest BCUT2D eigenvalue weighted by molar-refractivity contribution is 0.716. The lowest BCUT2D eigenvalue weighted by Crippen LogP contribution is -2.26. The third-order valence-corrected chi connectivity index (χ3v) is 4.76. The maximum absolute atomic E-state index is 6.04. The van der Waals surface area contributed by atoms with Crippen LogP contribution in [0.4, 0.5) is 5.69 Å². The highest BCUT2D eigenvalue weighted by Gasteiger charge is 2.25. The van der Waals surface area contributed by atoms with Gasteiger partial charge in [0.05, 0.1) is 0 Å². The van der Waals surface area contributed by atoms with Crippen LogP contribution in [0.3, 0.4) is 0 Å². The molecule has 0 heterocycles. The summed E-state index contributed by atoms with van der Waals surface area (Å²) in [5, 5.41) is 0.536. The second kappa shape index (κ2) is 4.76. The van der Waals surface area contributed by atoms with E-state index in [-0.39, 0.29) is 0 Å². The Morgan fingerprint density at radius 3 is 2.73 bits per heavy atom. The molecule has 1 fully saturated rings. The molecule has 2 atom stereocenters. The van der Waals surface area contributed by atoms with Gasteiger partial charge in [0, 0.05) is 26.3 Å². The average Bonchev–Trinajstić information content (AvgIpc) is 2.57. The summed E-state index contributed by atoms with van der Waals surface area (Å²) in [5.41, 5.74) is 12.8. The quantitative estimate of drug-likeness (QED) is 0.822. The van der Waals surface area contributed by atoms with E-state index >= 15 is 0 Å². The number of thioether (sulfide) groups is 1. The molecular weight excluding hydrogens is 272 g/mol. The Morgan fingerprint density at radius 2 is 2.13 bits per heavy atom. The number of hydrogen-bond acceptors (Lipinski definition) is 3. The van der Waals surface area contributed by atoms with E-state index in [1.807, 2.05) is 23.9 Å². The fourth-order valence-corrected chi connectivity index (χ4v) is 3.53. The summed E-state index contributed by atoms with van der Waals surface area (Å²) in [5.74, 6) is 0. The van der Waals surface area contributed by atoms with Crippen molar-refractivity contribution in [3.63, 3.8) is 0 Å². The van der Waals surface area contributed by atoms with Crippen LogP contribution in [0, 0.1) is 0 Å². The van der Waals surface area contributed by atoms with Gasteiger partial charge in [-0.2, -0.15) is 0 Å². The van der Waals surface area contributed by atoms with Crippen LogP contribution >= 0.6 is 27.7 Å². The average molecular weight is 287 g/mol. The van der Waals surface area contributed by atoms with Crippen molar-refractivity contribution in [3.05, 3.63) is 22.7 Å². The Hall–Kier alpha value is -0.190. The van der Waals surface area contributed by atoms with Crippen molar-refractivity contribution in [3.8, 4) is 0 Å². The lowest BCUT2D eigenvalue weighted by atomic mass is 10.3. The van der Waals surface area contributed by atoms with Gasteiger partial charge < -0.3 is 11.5 Å². The summed E-state index contributed by atoms with van der Waals surface area (Å²) in [6.07, 6.45) is 3.60. The monoisotopic (exact) mass is 286 g/mol. The molecule has 0 saturated heterocycles. The molecule has 0 aliphatic heterocycles. The van der Waals surface area contributed by atoms with Crippen LogP contribution < -0.4 is 11.5 Å². The van der Waals surface area contributed by atoms with Crippen LogP contribution in [0.2, 0.25) is 0 Å². The standard InChI is InChI=1S/C11H15BrN2S/c12-7-4-5-11(9(14)6-7)15-10-3-1-2-8(10)13/h4-6,8,10H,1-3,13-14H2. The predicted octanol–water partition coefficient (Wildman–Crippen LogP) is 3.00. The zero-order valence-electron chi connectivity index (χ0n) is 8.45. The summed E-state index contributed by atoms with van der Waals surface area (Å²) in [6.45, 7) is 0. The summed E-state index contributed by atoms with van der Waals surface area (Å²) >= 11 is 5.23. The van der Waals surface area contributed by atoms with Gasteiger partial charge >= 0.3 is 0 Å². The van der Waals surface area contributed by atoms with E-state index in [1.54, 1.807) is 0 Å². The van der Waals surface area contributed by atoms with E-state index in [9.17, 15) is 0 Å². The number of benzene rings is 1. The van der Waals surface area contributed by atoms with Crippen LogP contribution in [-0.4, -0.2) is 11.3 Å². The number of rotatable bonds is 2. The molecule has 0 aromatic heterocycles. The van der Waals surface area contributed by atoms with Crippen molar-refractivity contribution in [2.75, 3.05) is 5.73 Å². The van der Waals surface area contributed by atoms with Gasteiger partial charge in [-0.25, -0.2) is 0 Å². The smallest absolute Gasteiger partial charge is 0.0463 e. The number of anilines is 1. The molecule has 1 aromatic carbocycles. The first-order valence-electron chi connectivity index (χ1n) is 5.14. The van der Waals surface area contributed by atoms with E-state index in [1.165, 1.54) is 12.8 Å². The zero-order valence-corrected chi connectivity index (χ0v) is 10.9. The fourth-order valence-electron chi connectivity index (χ4n) is 1.89. The molecule has 0 spiro atoms. The molecule has 0 radical (unpaired) electrons. The predicted molar refractivity (Wildman–Crippen MR) is 70.0 cm³/mol. The molecule has 1 aromatic rings. The van der Waals surface area contributed by atoms with E-state index in [4.69, 9.17) is 11.5 Å². The molecule has 1 saturated carbocycles. The van der Waals surface area contributed by atoms with Crippen molar-refractivity contribution >= 4 is 33.4 Å². The van der Waals surface area contributed by atoms with Crippen LogP contribution in [0.25, 0.3) is 0 Å². The van der Waals surface area contributed by atoms with Crippen LogP contribution in [0.5, 0.6) is 0 Å². The number of halogens is 1. The molecule has 2 unspecified atom stereocenters. The van der Waals surface area contributed by atoms with Crippen molar-refractivity contribution in [1.29, 1.82) is 0 Å². The molecule has 1 aliphatic rings. The summed E-state index contributed by atoms with van der Waals surface area (Å²) in [7, 11) is 0. The Labute approximate surface area is 103 Å². The maximum Gasteiger partial charge on any atom is 0.0463 e. The third kappa shape index (κ3) is 2.68. The van der Waals surface area contributed by atoms with Crippen molar-refractivity contribution < 1.29 is 0 Å². The van der Waals surface area contributed by atoms with Crippen LogP contribution in [0.1, 0.15) is 19.3 Å². The second-order valence-corrected chi connectivity index (χ2v) is 6.13. The minimum atomic E-state index is 0.332. The van der Waals surface area contributed by atoms with Crippen LogP contribution in [-0.2, 0) is 0 Å². The Balaban J connectivity index is 2.10. The Morgan fingerprint density at radius 1 is 1.33 bits per heavy atom. The summed E-state index contributed by atoms with van der Waals surface area (Å²) < 4.78 is 1.03. The minimum absolute atomic E-state index is 0.332. The highest BCUT2D eigenvalue weighted by Crippen LogP contribution is 2.37. The Kier molecular flexibility index (Phi) is 3.59. The summed E-state index contributed by atoms with van der Waals surface area (Å²) in [6, 6.07) is 6.37. The molecule has 2 nitrogen and oxygen atoms in total. The van der Waals surface area contributed by atoms with E-state index < -0.39 is 0 Å². The van der Waals surface area contributed by atoms with E-state index in [0.29, 0.717) is 11.3 Å². The number of nitrogen functional groups attached to an aromatic ring is 1. The molecule has 0 bridgehead atoms.